The van der Waals surface area contributed by atoms with E-state index in [4.69, 9.17) is 0 Å². The van der Waals surface area contributed by atoms with Gasteiger partial charge in [0, 0.05) is 0 Å². The van der Waals surface area contributed by atoms with E-state index in [-0.39, 0.29) is 0 Å². The van der Waals surface area contributed by atoms with Gasteiger partial charge in [0.05, 0.1) is 5.60 Å². The van der Waals surface area contributed by atoms with Gasteiger partial charge >= 0.3 is 0 Å². The van der Waals surface area contributed by atoms with Crippen LogP contribution in [0.5, 0.6) is 0 Å². The van der Waals surface area contributed by atoms with E-state index in [0.29, 0.717) is 5.92 Å². The third-order valence-electron chi connectivity index (χ3n) is 2.55. The summed E-state index contributed by atoms with van der Waals surface area (Å²) in [5.74, 6) is 0.435. The Morgan fingerprint density at radius 1 is 1.36 bits per heavy atom. The molecule has 0 aliphatic heterocycles. The van der Waals surface area contributed by atoms with Crippen molar-refractivity contribution in [3.8, 4) is 0 Å². The molecule has 1 fully saturated rings. The zero-order chi connectivity index (χ0) is 7.90. The summed E-state index contributed by atoms with van der Waals surface area (Å²) in [6.45, 7) is 2.08. The van der Waals surface area contributed by atoms with Gasteiger partial charge in [-0.2, -0.15) is 0 Å². The molecule has 2 atom stereocenters. The van der Waals surface area contributed by atoms with Crippen molar-refractivity contribution < 1.29 is 5.11 Å². The second-order valence-electron chi connectivity index (χ2n) is 3.40. The molecule has 1 nitrogen and oxygen atoms in total. The fourth-order valence-electron chi connectivity index (χ4n) is 1.54. The van der Waals surface area contributed by atoms with Gasteiger partial charge in [0.25, 0.3) is 0 Å². The van der Waals surface area contributed by atoms with Gasteiger partial charge in [-0.1, -0.05) is 37.3 Å². The average Bonchev–Trinajstić information content (AvgIpc) is 2.64. The minimum atomic E-state index is -0.499. The highest BCUT2D eigenvalue weighted by Gasteiger charge is 2.50. The van der Waals surface area contributed by atoms with Crippen LogP contribution in [0.25, 0.3) is 0 Å². The highest BCUT2D eigenvalue weighted by atomic mass is 16.3. The Morgan fingerprint density at radius 2 is 1.91 bits per heavy atom. The Balaban J connectivity index is 2.32. The zero-order valence-corrected chi connectivity index (χ0v) is 6.62. The molecule has 1 saturated carbocycles. The Bertz CT molecular complexity index is 255. The van der Waals surface area contributed by atoms with Crippen LogP contribution in [0.4, 0.5) is 0 Å². The molecule has 0 radical (unpaired) electrons. The number of aliphatic hydroxyl groups is 1. The maximum Gasteiger partial charge on any atom is 0.0926 e. The second-order valence-corrected chi connectivity index (χ2v) is 3.40. The van der Waals surface area contributed by atoms with Crippen molar-refractivity contribution in [3.05, 3.63) is 35.9 Å². The van der Waals surface area contributed by atoms with E-state index in [1.165, 1.54) is 0 Å². The van der Waals surface area contributed by atoms with Gasteiger partial charge in [0.2, 0.25) is 0 Å². The molecule has 0 saturated heterocycles. The summed E-state index contributed by atoms with van der Waals surface area (Å²) in [4.78, 5) is 0. The Kier molecular flexibility index (Phi) is 1.30. The lowest BCUT2D eigenvalue weighted by atomic mass is 10.1. The standard InChI is InChI=1S/C10H12O/c1-8-7-10(8,11)9-5-3-2-4-6-9/h2-6,8,11H,7H2,1H3/t8-,10-/m0/s1. The summed E-state index contributed by atoms with van der Waals surface area (Å²) in [5.41, 5.74) is 0.564. The van der Waals surface area contributed by atoms with Gasteiger partial charge in [-0.3, -0.25) is 0 Å². The summed E-state index contributed by atoms with van der Waals surface area (Å²) < 4.78 is 0. The lowest BCUT2D eigenvalue weighted by molar-refractivity contribution is 0.135. The Morgan fingerprint density at radius 3 is 2.36 bits per heavy atom. The van der Waals surface area contributed by atoms with E-state index in [2.05, 4.69) is 6.92 Å². The van der Waals surface area contributed by atoms with Crippen LogP contribution in [0.15, 0.2) is 30.3 Å². The molecule has 1 N–H and O–H groups in total. The molecule has 1 aliphatic rings. The van der Waals surface area contributed by atoms with Gasteiger partial charge in [-0.15, -0.1) is 0 Å². The molecule has 0 bridgehead atoms. The molecule has 0 amide bonds. The topological polar surface area (TPSA) is 20.2 Å². The summed E-state index contributed by atoms with van der Waals surface area (Å²) in [5, 5.41) is 9.87. The predicted molar refractivity (Wildman–Crippen MR) is 44.1 cm³/mol. The molecule has 58 valence electrons. The lowest BCUT2D eigenvalue weighted by Crippen LogP contribution is -2.06. The first-order chi connectivity index (χ1) is 5.23. The monoisotopic (exact) mass is 148 g/mol. The SMILES string of the molecule is C[C@H]1C[C@@]1(O)c1ccccc1. The molecule has 0 spiro atoms. The van der Waals surface area contributed by atoms with Crippen molar-refractivity contribution in [3.63, 3.8) is 0 Å². The van der Waals surface area contributed by atoms with Gasteiger partial charge < -0.3 is 5.11 Å². The van der Waals surface area contributed by atoms with Gasteiger partial charge in [-0.05, 0) is 17.9 Å². The number of hydrogen-bond donors (Lipinski definition) is 1. The van der Waals surface area contributed by atoms with Crippen molar-refractivity contribution in [2.24, 2.45) is 5.92 Å². The molecule has 0 unspecified atom stereocenters. The third kappa shape index (κ3) is 0.962. The smallest absolute Gasteiger partial charge is 0.0926 e. The van der Waals surface area contributed by atoms with E-state index in [9.17, 15) is 5.11 Å². The minimum Gasteiger partial charge on any atom is -0.385 e. The van der Waals surface area contributed by atoms with Crippen molar-refractivity contribution in [1.29, 1.82) is 0 Å². The quantitative estimate of drug-likeness (QED) is 0.645. The maximum atomic E-state index is 9.87. The van der Waals surface area contributed by atoms with Crippen LogP contribution in [0, 0.1) is 5.92 Å². The van der Waals surface area contributed by atoms with Crippen molar-refractivity contribution >= 4 is 0 Å². The molecule has 1 heteroatoms. The molecule has 0 aromatic heterocycles. The van der Waals surface area contributed by atoms with Crippen molar-refractivity contribution in [2.45, 2.75) is 18.9 Å². The fraction of sp³-hybridized carbons (Fsp3) is 0.400. The van der Waals surface area contributed by atoms with E-state index in [1.807, 2.05) is 30.3 Å². The third-order valence-corrected chi connectivity index (χ3v) is 2.55. The van der Waals surface area contributed by atoms with E-state index in [1.54, 1.807) is 0 Å². The van der Waals surface area contributed by atoms with Gasteiger partial charge in [0.15, 0.2) is 0 Å². The summed E-state index contributed by atoms with van der Waals surface area (Å²) >= 11 is 0. The Labute approximate surface area is 66.7 Å². The normalized spacial score (nSPS) is 35.3. The number of benzene rings is 1. The van der Waals surface area contributed by atoms with Crippen molar-refractivity contribution in [2.75, 3.05) is 0 Å². The molecular formula is C10H12O. The summed E-state index contributed by atoms with van der Waals surface area (Å²) in [7, 11) is 0. The van der Waals surface area contributed by atoms with Crippen LogP contribution in [-0.2, 0) is 5.60 Å². The van der Waals surface area contributed by atoms with Crippen LogP contribution in [0.2, 0.25) is 0 Å². The largest absolute Gasteiger partial charge is 0.385 e. The molecule has 1 aromatic carbocycles. The lowest BCUT2D eigenvalue weighted by Gasteiger charge is -2.07. The number of hydrogen-bond acceptors (Lipinski definition) is 1. The number of rotatable bonds is 1. The van der Waals surface area contributed by atoms with E-state index in [0.717, 1.165) is 12.0 Å². The molecule has 1 aromatic rings. The summed E-state index contributed by atoms with van der Waals surface area (Å²) in [6.07, 6.45) is 0.914. The predicted octanol–water partition coefficient (Wildman–Crippen LogP) is 1.91. The van der Waals surface area contributed by atoms with Crippen LogP contribution in [0.3, 0.4) is 0 Å². The molecule has 11 heavy (non-hydrogen) atoms. The minimum absolute atomic E-state index is 0.435. The van der Waals surface area contributed by atoms with Gasteiger partial charge in [-0.25, -0.2) is 0 Å². The first-order valence-corrected chi connectivity index (χ1v) is 4.01. The molecule has 2 rings (SSSR count). The second kappa shape index (κ2) is 2.08. The molecule has 1 aliphatic carbocycles. The summed E-state index contributed by atoms with van der Waals surface area (Å²) in [6, 6.07) is 9.89. The first-order valence-electron chi connectivity index (χ1n) is 4.01. The fourth-order valence-corrected chi connectivity index (χ4v) is 1.54. The van der Waals surface area contributed by atoms with Crippen molar-refractivity contribution in [1.82, 2.24) is 0 Å². The highest BCUT2D eigenvalue weighted by Crippen LogP contribution is 2.51. The van der Waals surface area contributed by atoms with Crippen LogP contribution in [-0.4, -0.2) is 5.11 Å². The van der Waals surface area contributed by atoms with Crippen LogP contribution >= 0.6 is 0 Å². The zero-order valence-electron chi connectivity index (χ0n) is 6.62. The Hall–Kier alpha value is -0.820. The van der Waals surface area contributed by atoms with Gasteiger partial charge in [0.1, 0.15) is 0 Å². The van der Waals surface area contributed by atoms with E-state index >= 15 is 0 Å². The average molecular weight is 148 g/mol. The highest BCUT2D eigenvalue weighted by molar-refractivity contribution is 5.28. The molecule has 0 heterocycles. The van der Waals surface area contributed by atoms with E-state index < -0.39 is 5.60 Å². The molecular weight excluding hydrogens is 136 g/mol. The van der Waals surface area contributed by atoms with Crippen LogP contribution in [0.1, 0.15) is 18.9 Å². The first kappa shape index (κ1) is 6.86. The van der Waals surface area contributed by atoms with Crippen LogP contribution < -0.4 is 0 Å². The maximum absolute atomic E-state index is 9.87.